The van der Waals surface area contributed by atoms with Crippen molar-refractivity contribution in [2.75, 3.05) is 0 Å². The topological polar surface area (TPSA) is 45.8 Å². The van der Waals surface area contributed by atoms with Crippen molar-refractivity contribution in [3.8, 4) is 0 Å². The van der Waals surface area contributed by atoms with Crippen LogP contribution >= 0.6 is 0 Å². The summed E-state index contributed by atoms with van der Waals surface area (Å²) in [4.78, 5) is 19.2. The van der Waals surface area contributed by atoms with Crippen LogP contribution in [0.3, 0.4) is 0 Å². The molecule has 0 saturated heterocycles. The molecule has 0 atom stereocenters. The van der Waals surface area contributed by atoms with Crippen LogP contribution in [0.25, 0.3) is 11.0 Å². The van der Waals surface area contributed by atoms with Crippen LogP contribution in [-0.2, 0) is 11.2 Å². The summed E-state index contributed by atoms with van der Waals surface area (Å²) in [5.41, 5.74) is 3.52. The molecular weight excluding hydrogens is 224 g/mol. The molecule has 1 fully saturated rings. The number of nitrogens with one attached hydrogen (secondary N) is 1. The Bertz CT molecular complexity index is 575. The third-order valence-electron chi connectivity index (χ3n) is 3.90. The zero-order valence-electron chi connectivity index (χ0n) is 10.7. The molecule has 0 spiro atoms. The van der Waals surface area contributed by atoms with E-state index in [2.05, 4.69) is 35.1 Å². The van der Waals surface area contributed by atoms with Crippen LogP contribution in [0.1, 0.15) is 49.9 Å². The van der Waals surface area contributed by atoms with Crippen molar-refractivity contribution < 1.29 is 4.79 Å². The monoisotopic (exact) mass is 242 g/mol. The average Bonchev–Trinajstić information content (AvgIpc) is 2.81. The third-order valence-corrected chi connectivity index (χ3v) is 3.90. The molecule has 0 unspecified atom stereocenters. The van der Waals surface area contributed by atoms with Crippen LogP contribution < -0.4 is 0 Å². The number of rotatable bonds is 2. The van der Waals surface area contributed by atoms with Gasteiger partial charge in [-0.3, -0.25) is 4.79 Å². The molecule has 1 heterocycles. The Balaban J connectivity index is 1.90. The van der Waals surface area contributed by atoms with Gasteiger partial charge in [0.2, 0.25) is 0 Å². The predicted molar refractivity (Wildman–Crippen MR) is 71.7 cm³/mol. The van der Waals surface area contributed by atoms with Crippen LogP contribution in [0.4, 0.5) is 0 Å². The molecule has 0 amide bonds. The molecule has 2 aromatic rings. The summed E-state index contributed by atoms with van der Waals surface area (Å²) in [6.45, 7) is 2.10. The summed E-state index contributed by atoms with van der Waals surface area (Å²) >= 11 is 0. The van der Waals surface area contributed by atoms with E-state index >= 15 is 0 Å². The van der Waals surface area contributed by atoms with Crippen molar-refractivity contribution in [2.45, 2.75) is 44.9 Å². The SMILES string of the molecule is CCc1nc2ccc(C3CCC(=O)CC3)cc2[nH]1. The van der Waals surface area contributed by atoms with Gasteiger partial charge in [-0.15, -0.1) is 0 Å². The van der Waals surface area contributed by atoms with Gasteiger partial charge in [-0.25, -0.2) is 4.98 Å². The maximum atomic E-state index is 11.3. The van der Waals surface area contributed by atoms with Gasteiger partial charge < -0.3 is 4.98 Å². The molecule has 3 rings (SSSR count). The van der Waals surface area contributed by atoms with Crippen molar-refractivity contribution in [2.24, 2.45) is 0 Å². The number of hydrogen-bond donors (Lipinski definition) is 1. The van der Waals surface area contributed by atoms with E-state index in [1.54, 1.807) is 0 Å². The van der Waals surface area contributed by atoms with Crippen molar-refractivity contribution in [3.63, 3.8) is 0 Å². The highest BCUT2D eigenvalue weighted by molar-refractivity contribution is 5.80. The number of Topliss-reactive ketones (excluding diaryl/α,β-unsaturated/α-hetero) is 1. The zero-order valence-corrected chi connectivity index (χ0v) is 10.7. The van der Waals surface area contributed by atoms with Crippen LogP contribution in [0.2, 0.25) is 0 Å². The average molecular weight is 242 g/mol. The molecule has 1 aliphatic rings. The van der Waals surface area contributed by atoms with E-state index in [0.717, 1.165) is 49.0 Å². The quantitative estimate of drug-likeness (QED) is 0.877. The number of aryl methyl sites for hydroxylation is 1. The highest BCUT2D eigenvalue weighted by Crippen LogP contribution is 2.32. The molecule has 0 radical (unpaired) electrons. The van der Waals surface area contributed by atoms with Crippen molar-refractivity contribution >= 4 is 16.8 Å². The Morgan fingerprint density at radius 3 is 2.83 bits per heavy atom. The standard InChI is InChI=1S/C15H18N2O/c1-2-15-16-13-8-5-11(9-14(13)17-15)10-3-6-12(18)7-4-10/h5,8-10H,2-4,6-7H2,1H3,(H,16,17). The minimum atomic E-state index is 0.419. The number of aromatic amines is 1. The number of benzene rings is 1. The second-order valence-corrected chi connectivity index (χ2v) is 5.13. The van der Waals surface area contributed by atoms with Gasteiger partial charge in [0.1, 0.15) is 11.6 Å². The fourth-order valence-electron chi connectivity index (χ4n) is 2.77. The number of hydrogen-bond acceptors (Lipinski definition) is 2. The van der Waals surface area contributed by atoms with E-state index in [0.29, 0.717) is 11.7 Å². The summed E-state index contributed by atoms with van der Waals surface area (Å²) in [7, 11) is 0. The van der Waals surface area contributed by atoms with Gasteiger partial charge >= 0.3 is 0 Å². The maximum absolute atomic E-state index is 11.3. The normalized spacial score (nSPS) is 17.5. The molecule has 1 aromatic carbocycles. The summed E-state index contributed by atoms with van der Waals surface area (Å²) < 4.78 is 0. The lowest BCUT2D eigenvalue weighted by molar-refractivity contribution is -0.120. The minimum Gasteiger partial charge on any atom is -0.342 e. The van der Waals surface area contributed by atoms with E-state index in [9.17, 15) is 4.79 Å². The van der Waals surface area contributed by atoms with Gasteiger partial charge in [0.25, 0.3) is 0 Å². The molecule has 94 valence electrons. The number of fused-ring (bicyclic) bond motifs is 1. The molecule has 3 nitrogen and oxygen atoms in total. The van der Waals surface area contributed by atoms with Crippen molar-refractivity contribution in [1.29, 1.82) is 0 Å². The zero-order chi connectivity index (χ0) is 12.5. The first-order valence-electron chi connectivity index (χ1n) is 6.76. The van der Waals surface area contributed by atoms with Crippen LogP contribution in [0.15, 0.2) is 18.2 Å². The fraction of sp³-hybridized carbons (Fsp3) is 0.467. The molecule has 0 bridgehead atoms. The molecule has 0 aliphatic heterocycles. The van der Waals surface area contributed by atoms with Crippen molar-refractivity contribution in [3.05, 3.63) is 29.6 Å². The van der Waals surface area contributed by atoms with Gasteiger partial charge in [-0.05, 0) is 36.5 Å². The molecule has 3 heteroatoms. The number of ketones is 1. The van der Waals surface area contributed by atoms with Gasteiger partial charge in [-0.2, -0.15) is 0 Å². The van der Waals surface area contributed by atoms with E-state index in [1.807, 2.05) is 0 Å². The third kappa shape index (κ3) is 2.05. The largest absolute Gasteiger partial charge is 0.342 e. The van der Waals surface area contributed by atoms with Crippen molar-refractivity contribution in [1.82, 2.24) is 9.97 Å². The highest BCUT2D eigenvalue weighted by Gasteiger charge is 2.20. The number of nitrogens with zero attached hydrogens (tertiary/aromatic N) is 1. The minimum absolute atomic E-state index is 0.419. The first-order valence-corrected chi connectivity index (χ1v) is 6.76. The lowest BCUT2D eigenvalue weighted by atomic mass is 9.83. The van der Waals surface area contributed by atoms with Crippen LogP contribution in [-0.4, -0.2) is 15.8 Å². The maximum Gasteiger partial charge on any atom is 0.132 e. The van der Waals surface area contributed by atoms with E-state index in [-0.39, 0.29) is 0 Å². The summed E-state index contributed by atoms with van der Waals surface area (Å²) in [5, 5.41) is 0. The fourth-order valence-corrected chi connectivity index (χ4v) is 2.77. The predicted octanol–water partition coefficient (Wildman–Crippen LogP) is 3.35. The molecule has 1 aliphatic carbocycles. The Morgan fingerprint density at radius 2 is 2.11 bits per heavy atom. The van der Waals surface area contributed by atoms with E-state index in [1.165, 1.54) is 5.56 Å². The number of carbonyl (C=O) groups excluding carboxylic acids is 1. The van der Waals surface area contributed by atoms with E-state index in [4.69, 9.17) is 0 Å². The number of aromatic nitrogens is 2. The second-order valence-electron chi connectivity index (χ2n) is 5.13. The van der Waals surface area contributed by atoms with Gasteiger partial charge in [-0.1, -0.05) is 13.0 Å². The Hall–Kier alpha value is -1.64. The Morgan fingerprint density at radius 1 is 1.33 bits per heavy atom. The number of imidazole rings is 1. The number of H-pyrrole nitrogens is 1. The smallest absolute Gasteiger partial charge is 0.132 e. The first kappa shape index (κ1) is 11.5. The number of carbonyl (C=O) groups is 1. The first-order chi connectivity index (χ1) is 8.76. The van der Waals surface area contributed by atoms with Gasteiger partial charge in [0.15, 0.2) is 0 Å². The van der Waals surface area contributed by atoms with Crippen LogP contribution in [0, 0.1) is 0 Å². The highest BCUT2D eigenvalue weighted by atomic mass is 16.1. The Labute approximate surface area is 107 Å². The van der Waals surface area contributed by atoms with Gasteiger partial charge in [0, 0.05) is 19.3 Å². The van der Waals surface area contributed by atoms with E-state index < -0.39 is 0 Å². The lowest BCUT2D eigenvalue weighted by Gasteiger charge is -2.21. The molecular formula is C15H18N2O. The summed E-state index contributed by atoms with van der Waals surface area (Å²) in [6.07, 6.45) is 4.41. The lowest BCUT2D eigenvalue weighted by Crippen LogP contribution is -2.12. The Kier molecular flexibility index (Phi) is 2.90. The second kappa shape index (κ2) is 4.56. The summed E-state index contributed by atoms with van der Waals surface area (Å²) in [6, 6.07) is 6.47. The van der Waals surface area contributed by atoms with Crippen LogP contribution in [0.5, 0.6) is 0 Å². The molecule has 18 heavy (non-hydrogen) atoms. The molecule has 1 saturated carbocycles. The summed E-state index contributed by atoms with van der Waals surface area (Å²) in [5.74, 6) is 2.00. The molecule has 1 aromatic heterocycles. The van der Waals surface area contributed by atoms with Gasteiger partial charge in [0.05, 0.1) is 11.0 Å². The molecule has 1 N–H and O–H groups in total.